The zero-order valence-electron chi connectivity index (χ0n) is 13.5. The molecule has 0 radical (unpaired) electrons. The minimum Gasteiger partial charge on any atom is -0.474 e. The van der Waals surface area contributed by atoms with Gasteiger partial charge in [-0.2, -0.15) is 0 Å². The summed E-state index contributed by atoms with van der Waals surface area (Å²) in [5, 5.41) is 1.26. The summed E-state index contributed by atoms with van der Waals surface area (Å²) in [5.41, 5.74) is 3.62. The number of hydrogen-bond acceptors (Lipinski definition) is 4. The molecule has 2 aromatic rings. The lowest BCUT2D eigenvalue weighted by Crippen LogP contribution is -2.19. The molecule has 2 fully saturated rings. The molecule has 3 nitrogen and oxygen atoms in total. The van der Waals surface area contributed by atoms with E-state index in [9.17, 15) is 0 Å². The van der Waals surface area contributed by atoms with Crippen molar-refractivity contribution in [1.29, 1.82) is 0 Å². The van der Waals surface area contributed by atoms with Gasteiger partial charge >= 0.3 is 0 Å². The summed E-state index contributed by atoms with van der Waals surface area (Å²) in [4.78, 5) is 7.02. The van der Waals surface area contributed by atoms with E-state index in [-0.39, 0.29) is 6.10 Å². The van der Waals surface area contributed by atoms with Crippen molar-refractivity contribution in [3.05, 3.63) is 47.8 Å². The van der Waals surface area contributed by atoms with Gasteiger partial charge in [-0.05, 0) is 50.5 Å². The summed E-state index contributed by atoms with van der Waals surface area (Å²) >= 11 is 1.83. The molecule has 0 spiro atoms. The minimum atomic E-state index is 0.250. The second-order valence-corrected chi connectivity index (χ2v) is 7.61. The van der Waals surface area contributed by atoms with Crippen molar-refractivity contribution < 1.29 is 4.74 Å². The third-order valence-corrected chi connectivity index (χ3v) is 6.06. The third kappa shape index (κ3) is 2.65. The van der Waals surface area contributed by atoms with E-state index in [0.717, 1.165) is 42.9 Å². The third-order valence-electron chi connectivity index (χ3n) is 4.88. The fourth-order valence-electron chi connectivity index (χ4n) is 3.48. The van der Waals surface area contributed by atoms with E-state index < -0.39 is 0 Å². The van der Waals surface area contributed by atoms with Gasteiger partial charge in [-0.3, -0.25) is 0 Å². The van der Waals surface area contributed by atoms with Crippen LogP contribution in [0.25, 0.3) is 10.2 Å². The molecule has 4 rings (SSSR count). The molecule has 4 heteroatoms. The van der Waals surface area contributed by atoms with Crippen LogP contribution in [0.3, 0.4) is 0 Å². The molecule has 2 aliphatic rings. The van der Waals surface area contributed by atoms with Crippen LogP contribution in [0.4, 0.5) is 5.69 Å². The van der Waals surface area contributed by atoms with Gasteiger partial charge in [-0.1, -0.05) is 19.1 Å². The molecule has 1 aromatic heterocycles. The van der Waals surface area contributed by atoms with E-state index in [0.29, 0.717) is 5.92 Å². The average Bonchev–Trinajstić information content (AvgIpc) is 3.23. The van der Waals surface area contributed by atoms with E-state index in [1.54, 1.807) is 0 Å². The molecule has 1 aromatic carbocycles. The van der Waals surface area contributed by atoms with Crippen LogP contribution in [0.15, 0.2) is 42.8 Å². The highest BCUT2D eigenvalue weighted by molar-refractivity contribution is 7.18. The van der Waals surface area contributed by atoms with Crippen LogP contribution in [0.2, 0.25) is 0 Å². The highest BCUT2D eigenvalue weighted by Crippen LogP contribution is 2.41. The number of allylic oxidation sites excluding steroid dienone is 1. The van der Waals surface area contributed by atoms with Crippen molar-refractivity contribution in [1.82, 2.24) is 4.98 Å². The number of hydrogen-bond donors (Lipinski definition) is 0. The molecule has 0 N–H and O–H groups in total. The number of thiazole rings is 1. The highest BCUT2D eigenvalue weighted by Gasteiger charge is 2.27. The largest absolute Gasteiger partial charge is 0.474 e. The van der Waals surface area contributed by atoms with E-state index in [4.69, 9.17) is 9.72 Å². The summed E-state index contributed by atoms with van der Waals surface area (Å²) in [6, 6.07) is 6.49. The predicted octanol–water partition coefficient (Wildman–Crippen LogP) is 5.21. The molecule has 2 atom stereocenters. The van der Waals surface area contributed by atoms with E-state index in [2.05, 4.69) is 43.2 Å². The fourth-order valence-corrected chi connectivity index (χ4v) is 4.61. The lowest BCUT2D eigenvalue weighted by molar-refractivity contribution is 0.166. The van der Waals surface area contributed by atoms with Crippen LogP contribution in [-0.2, 0) is 4.74 Å². The molecule has 2 unspecified atom stereocenters. The predicted molar refractivity (Wildman–Crippen MR) is 97.0 cm³/mol. The molecule has 120 valence electrons. The molecule has 1 saturated carbocycles. The summed E-state index contributed by atoms with van der Waals surface area (Å²) in [5.74, 6) is 1.32. The van der Waals surface area contributed by atoms with Gasteiger partial charge in [0, 0.05) is 11.6 Å². The van der Waals surface area contributed by atoms with Gasteiger partial charge in [0.1, 0.15) is 6.10 Å². The van der Waals surface area contributed by atoms with Gasteiger partial charge in [0.15, 0.2) is 5.88 Å². The minimum absolute atomic E-state index is 0.250. The Kier molecular flexibility index (Phi) is 3.64. The first-order valence-electron chi connectivity index (χ1n) is 8.34. The van der Waals surface area contributed by atoms with Crippen LogP contribution in [0.5, 0.6) is 0 Å². The zero-order chi connectivity index (χ0) is 16.0. The second kappa shape index (κ2) is 5.68. The molecule has 0 amide bonds. The number of nitrogens with zero attached hydrogens (tertiary/aromatic N) is 2. The Morgan fingerprint density at radius 3 is 2.96 bits per heavy atom. The standard InChI is InChI=1S/C19H22N2OS/c1-4-16-11-21(13(3)22-16)15-7-8-17-18(10-15)23-19(20-17)14-6-5-12(2)9-14/h7-8,10,14,16H,2-6,9,11H2,1H3. The quantitative estimate of drug-likeness (QED) is 0.724. The summed E-state index contributed by atoms with van der Waals surface area (Å²) < 4.78 is 7.05. The zero-order valence-corrected chi connectivity index (χ0v) is 14.4. The van der Waals surface area contributed by atoms with Crippen molar-refractivity contribution in [2.75, 3.05) is 11.4 Å². The monoisotopic (exact) mass is 326 g/mol. The van der Waals surface area contributed by atoms with Crippen molar-refractivity contribution in [2.45, 2.75) is 44.6 Å². The number of rotatable bonds is 3. The maximum Gasteiger partial charge on any atom is 0.186 e. The van der Waals surface area contributed by atoms with Crippen molar-refractivity contribution in [2.24, 2.45) is 0 Å². The topological polar surface area (TPSA) is 25.4 Å². The molecule has 23 heavy (non-hydrogen) atoms. The Morgan fingerprint density at radius 1 is 1.39 bits per heavy atom. The summed E-state index contributed by atoms with van der Waals surface area (Å²) in [6.45, 7) is 11.2. The van der Waals surface area contributed by atoms with Gasteiger partial charge in [0.05, 0.1) is 21.8 Å². The number of fused-ring (bicyclic) bond motifs is 1. The Hall–Kier alpha value is -1.81. The second-order valence-electron chi connectivity index (χ2n) is 6.55. The van der Waals surface area contributed by atoms with E-state index >= 15 is 0 Å². The summed E-state index contributed by atoms with van der Waals surface area (Å²) in [6.07, 6.45) is 4.70. The maximum absolute atomic E-state index is 5.80. The lowest BCUT2D eigenvalue weighted by Gasteiger charge is -2.16. The normalized spacial score (nSPS) is 24.7. The number of benzene rings is 1. The molecule has 1 saturated heterocycles. The van der Waals surface area contributed by atoms with Crippen LogP contribution < -0.4 is 4.90 Å². The van der Waals surface area contributed by atoms with Gasteiger partial charge in [0.25, 0.3) is 0 Å². The average molecular weight is 326 g/mol. The first-order chi connectivity index (χ1) is 11.1. The van der Waals surface area contributed by atoms with E-state index in [1.165, 1.54) is 21.7 Å². The van der Waals surface area contributed by atoms with Gasteiger partial charge in [-0.25, -0.2) is 4.98 Å². The Bertz CT molecular complexity index is 779. The van der Waals surface area contributed by atoms with Crippen molar-refractivity contribution in [3.8, 4) is 0 Å². The SMILES string of the molecule is C=C1CCC(c2nc3ccc(N4CC(CC)OC4=C)cc3s2)C1. The van der Waals surface area contributed by atoms with Gasteiger partial charge in [0.2, 0.25) is 0 Å². The first kappa shape index (κ1) is 14.8. The fraction of sp³-hybridized carbons (Fsp3) is 0.421. The molecule has 2 heterocycles. The van der Waals surface area contributed by atoms with Crippen molar-refractivity contribution >= 4 is 27.2 Å². The van der Waals surface area contributed by atoms with Crippen molar-refractivity contribution in [3.63, 3.8) is 0 Å². The molecular weight excluding hydrogens is 304 g/mol. The number of aromatic nitrogens is 1. The maximum atomic E-state index is 5.80. The van der Waals surface area contributed by atoms with Gasteiger partial charge in [-0.15, -0.1) is 11.3 Å². The first-order valence-corrected chi connectivity index (χ1v) is 9.16. The molecular formula is C19H22N2OS. The molecule has 0 bridgehead atoms. The van der Waals surface area contributed by atoms with Crippen LogP contribution >= 0.6 is 11.3 Å². The molecule has 1 aliphatic heterocycles. The molecule has 1 aliphatic carbocycles. The number of anilines is 1. The smallest absolute Gasteiger partial charge is 0.186 e. The lowest BCUT2D eigenvalue weighted by atomic mass is 10.1. The van der Waals surface area contributed by atoms with E-state index in [1.807, 2.05) is 11.3 Å². The van der Waals surface area contributed by atoms with Crippen LogP contribution in [0, 0.1) is 0 Å². The Labute approximate surface area is 141 Å². The van der Waals surface area contributed by atoms with Crippen LogP contribution in [-0.4, -0.2) is 17.6 Å². The summed E-state index contributed by atoms with van der Waals surface area (Å²) in [7, 11) is 0. The van der Waals surface area contributed by atoms with Gasteiger partial charge < -0.3 is 9.64 Å². The Morgan fingerprint density at radius 2 is 2.26 bits per heavy atom. The highest BCUT2D eigenvalue weighted by atomic mass is 32.1. The van der Waals surface area contributed by atoms with Crippen LogP contribution in [0.1, 0.15) is 43.5 Å². The Balaban J connectivity index is 1.63. The number of ether oxygens (including phenoxy) is 1.